The van der Waals surface area contributed by atoms with Crippen LogP contribution >= 0.6 is 11.6 Å². The highest BCUT2D eigenvalue weighted by Crippen LogP contribution is 2.23. The summed E-state index contributed by atoms with van der Waals surface area (Å²) < 4.78 is 30.2. The molecule has 0 spiro atoms. The molecule has 0 aliphatic rings. The summed E-state index contributed by atoms with van der Waals surface area (Å²) in [7, 11) is -4.07. The zero-order chi connectivity index (χ0) is 20.7. The van der Waals surface area contributed by atoms with Gasteiger partial charge < -0.3 is 4.18 Å². The Bertz CT molecular complexity index is 1130. The molecule has 8 heteroatoms. The van der Waals surface area contributed by atoms with Gasteiger partial charge in [-0.2, -0.15) is 13.5 Å². The monoisotopic (exact) mass is 428 g/mol. The van der Waals surface area contributed by atoms with E-state index >= 15 is 0 Å². The topological polar surface area (TPSA) is 84.8 Å². The zero-order valence-corrected chi connectivity index (χ0v) is 16.7. The molecule has 1 amide bonds. The van der Waals surface area contributed by atoms with E-state index in [0.717, 1.165) is 5.56 Å². The minimum atomic E-state index is -4.07. The summed E-state index contributed by atoms with van der Waals surface area (Å²) in [5.41, 5.74) is 3.66. The summed E-state index contributed by atoms with van der Waals surface area (Å²) in [4.78, 5) is 11.9. The van der Waals surface area contributed by atoms with Gasteiger partial charge in [-0.05, 0) is 35.9 Å². The van der Waals surface area contributed by atoms with E-state index in [1.54, 1.807) is 24.3 Å². The second-order valence-electron chi connectivity index (χ2n) is 5.99. The molecular formula is C21H17ClN2O4S. The second-order valence-corrected chi connectivity index (χ2v) is 7.97. The standard InChI is InChI=1S/C21H17ClN2O4S/c22-18-10-6-11-19(14-18)29(26,27)28-20-12-5-4-9-17(20)15-23-24-21(25)13-16-7-2-1-3-8-16/h1-12,14-15H,13H2,(H,24,25)/b23-15+. The molecule has 0 radical (unpaired) electrons. The number of nitrogens with zero attached hydrogens (tertiary/aromatic N) is 1. The summed E-state index contributed by atoms with van der Waals surface area (Å²) in [6.45, 7) is 0. The number of carbonyl (C=O) groups excluding carboxylic acids is 1. The highest BCUT2D eigenvalue weighted by atomic mass is 35.5. The molecule has 0 aliphatic carbocycles. The molecule has 0 unspecified atom stereocenters. The largest absolute Gasteiger partial charge is 0.378 e. The summed E-state index contributed by atoms with van der Waals surface area (Å²) >= 11 is 5.86. The van der Waals surface area contributed by atoms with Crippen LogP contribution in [-0.2, 0) is 21.3 Å². The number of rotatable bonds is 7. The van der Waals surface area contributed by atoms with Gasteiger partial charge in [-0.15, -0.1) is 0 Å². The number of amides is 1. The van der Waals surface area contributed by atoms with Crippen molar-refractivity contribution in [2.45, 2.75) is 11.3 Å². The first-order chi connectivity index (χ1) is 13.9. The van der Waals surface area contributed by atoms with Gasteiger partial charge in [-0.25, -0.2) is 5.43 Å². The van der Waals surface area contributed by atoms with Crippen molar-refractivity contribution >= 4 is 33.8 Å². The number of hydrogen-bond donors (Lipinski definition) is 1. The fourth-order valence-corrected chi connectivity index (χ4v) is 3.70. The zero-order valence-electron chi connectivity index (χ0n) is 15.2. The van der Waals surface area contributed by atoms with Crippen molar-refractivity contribution in [2.24, 2.45) is 5.10 Å². The van der Waals surface area contributed by atoms with E-state index in [1.807, 2.05) is 30.3 Å². The molecule has 1 N–H and O–H groups in total. The number of benzene rings is 3. The lowest BCUT2D eigenvalue weighted by molar-refractivity contribution is -0.120. The van der Waals surface area contributed by atoms with E-state index in [0.29, 0.717) is 5.56 Å². The molecule has 0 saturated carbocycles. The van der Waals surface area contributed by atoms with E-state index in [9.17, 15) is 13.2 Å². The van der Waals surface area contributed by atoms with Crippen molar-refractivity contribution in [3.8, 4) is 5.75 Å². The maximum Gasteiger partial charge on any atom is 0.339 e. The van der Waals surface area contributed by atoms with Crippen LogP contribution in [0, 0.1) is 0 Å². The SMILES string of the molecule is O=C(Cc1ccccc1)N/N=C/c1ccccc1OS(=O)(=O)c1cccc(Cl)c1. The lowest BCUT2D eigenvalue weighted by Crippen LogP contribution is -2.19. The maximum absolute atomic E-state index is 12.5. The van der Waals surface area contributed by atoms with Crippen LogP contribution in [-0.4, -0.2) is 20.5 Å². The number of hydrazone groups is 1. The van der Waals surface area contributed by atoms with Gasteiger partial charge in [0.2, 0.25) is 5.91 Å². The lowest BCUT2D eigenvalue weighted by atomic mass is 10.1. The molecule has 3 rings (SSSR count). The maximum atomic E-state index is 12.5. The van der Waals surface area contributed by atoms with E-state index in [-0.39, 0.29) is 28.0 Å². The summed E-state index contributed by atoms with van der Waals surface area (Å²) in [5.74, 6) is -0.217. The predicted octanol–water partition coefficient (Wildman–Crippen LogP) is 3.80. The third-order valence-electron chi connectivity index (χ3n) is 3.80. The minimum absolute atomic E-state index is 0.0621. The molecule has 148 valence electrons. The first-order valence-electron chi connectivity index (χ1n) is 8.59. The van der Waals surface area contributed by atoms with Gasteiger partial charge in [0.1, 0.15) is 4.90 Å². The molecule has 0 saturated heterocycles. The minimum Gasteiger partial charge on any atom is -0.378 e. The van der Waals surface area contributed by atoms with E-state index in [4.69, 9.17) is 15.8 Å². The van der Waals surface area contributed by atoms with Crippen molar-refractivity contribution in [1.82, 2.24) is 5.43 Å². The van der Waals surface area contributed by atoms with Gasteiger partial charge in [0, 0.05) is 10.6 Å². The Morgan fingerprint density at radius 2 is 1.72 bits per heavy atom. The van der Waals surface area contributed by atoms with Gasteiger partial charge in [0.15, 0.2) is 5.75 Å². The normalized spacial score (nSPS) is 11.3. The third-order valence-corrected chi connectivity index (χ3v) is 5.27. The van der Waals surface area contributed by atoms with Crippen LogP contribution in [0.5, 0.6) is 5.75 Å². The number of carbonyl (C=O) groups is 1. The molecule has 0 aliphatic heterocycles. The third kappa shape index (κ3) is 5.91. The van der Waals surface area contributed by atoms with Crippen molar-refractivity contribution in [2.75, 3.05) is 0 Å². The summed E-state index contributed by atoms with van der Waals surface area (Å²) in [5, 5.41) is 4.18. The summed E-state index contributed by atoms with van der Waals surface area (Å²) in [6, 6.07) is 21.5. The van der Waals surface area contributed by atoms with Crippen LogP contribution in [0.4, 0.5) is 0 Å². The molecular weight excluding hydrogens is 412 g/mol. The number of nitrogens with one attached hydrogen (secondary N) is 1. The summed E-state index contributed by atoms with van der Waals surface area (Å²) in [6.07, 6.45) is 1.51. The Balaban J connectivity index is 1.70. The molecule has 0 atom stereocenters. The molecule has 0 aromatic heterocycles. The number of halogens is 1. The lowest BCUT2D eigenvalue weighted by Gasteiger charge is -2.09. The molecule has 0 heterocycles. The van der Waals surface area contributed by atoms with Crippen LogP contribution in [0.3, 0.4) is 0 Å². The van der Waals surface area contributed by atoms with Gasteiger partial charge in [-0.1, -0.05) is 60.1 Å². The molecule has 6 nitrogen and oxygen atoms in total. The molecule has 3 aromatic carbocycles. The Morgan fingerprint density at radius 3 is 2.48 bits per heavy atom. The number of para-hydroxylation sites is 1. The average molecular weight is 429 g/mol. The number of hydrogen-bond acceptors (Lipinski definition) is 5. The Kier molecular flexibility index (Phi) is 6.64. The van der Waals surface area contributed by atoms with Gasteiger partial charge in [-0.3, -0.25) is 4.79 Å². The van der Waals surface area contributed by atoms with E-state index < -0.39 is 10.1 Å². The van der Waals surface area contributed by atoms with Crippen molar-refractivity contribution in [3.05, 3.63) is 95.0 Å². The first-order valence-corrected chi connectivity index (χ1v) is 10.4. The van der Waals surface area contributed by atoms with Crippen LogP contribution in [0.1, 0.15) is 11.1 Å². The molecule has 0 bridgehead atoms. The van der Waals surface area contributed by atoms with Gasteiger partial charge in [0.05, 0.1) is 12.6 Å². The predicted molar refractivity (Wildman–Crippen MR) is 112 cm³/mol. The van der Waals surface area contributed by atoms with Crippen LogP contribution in [0.25, 0.3) is 0 Å². The average Bonchev–Trinajstić information content (AvgIpc) is 2.70. The van der Waals surface area contributed by atoms with Gasteiger partial charge in [0.25, 0.3) is 0 Å². The van der Waals surface area contributed by atoms with Crippen LogP contribution in [0.15, 0.2) is 88.9 Å². The Labute approximate surface area is 173 Å². The molecule has 3 aromatic rings. The smallest absolute Gasteiger partial charge is 0.339 e. The molecule has 29 heavy (non-hydrogen) atoms. The Morgan fingerprint density at radius 1 is 1.00 bits per heavy atom. The van der Waals surface area contributed by atoms with Gasteiger partial charge >= 0.3 is 10.1 Å². The highest BCUT2D eigenvalue weighted by molar-refractivity contribution is 7.87. The Hall–Kier alpha value is -3.16. The quantitative estimate of drug-likeness (QED) is 0.352. The first kappa shape index (κ1) is 20.6. The van der Waals surface area contributed by atoms with Crippen molar-refractivity contribution in [3.63, 3.8) is 0 Å². The molecule has 0 fully saturated rings. The van der Waals surface area contributed by atoms with Crippen molar-refractivity contribution in [1.29, 1.82) is 0 Å². The second kappa shape index (κ2) is 9.36. The van der Waals surface area contributed by atoms with E-state index in [2.05, 4.69) is 10.5 Å². The van der Waals surface area contributed by atoms with Crippen molar-refractivity contribution < 1.29 is 17.4 Å². The fourth-order valence-electron chi connectivity index (χ4n) is 2.45. The highest BCUT2D eigenvalue weighted by Gasteiger charge is 2.18. The van der Waals surface area contributed by atoms with Crippen LogP contribution < -0.4 is 9.61 Å². The van der Waals surface area contributed by atoms with Crippen LogP contribution in [0.2, 0.25) is 5.02 Å². The van der Waals surface area contributed by atoms with E-state index in [1.165, 1.54) is 30.5 Å². The fraction of sp³-hybridized carbons (Fsp3) is 0.0476.